The summed E-state index contributed by atoms with van der Waals surface area (Å²) >= 11 is 1.39. The average Bonchev–Trinajstić information content (AvgIpc) is 3.27. The van der Waals surface area contributed by atoms with Gasteiger partial charge in [-0.3, -0.25) is 14.9 Å². The number of hydrogen-bond donors (Lipinski definition) is 2. The zero-order valence-electron chi connectivity index (χ0n) is 15.0. The minimum absolute atomic E-state index is 0.0459. The highest BCUT2D eigenvalue weighted by molar-refractivity contribution is 7.22. The monoisotopic (exact) mass is 381 g/mol. The Morgan fingerprint density at radius 3 is 2.56 bits per heavy atom. The third-order valence-corrected chi connectivity index (χ3v) is 5.61. The zero-order valence-corrected chi connectivity index (χ0v) is 15.8. The number of carbonyl (C=O) groups excluding carboxylic acids is 2. The maximum Gasteiger partial charge on any atom is 0.257 e. The Morgan fingerprint density at radius 1 is 1.15 bits per heavy atom. The molecule has 1 saturated carbocycles. The summed E-state index contributed by atoms with van der Waals surface area (Å²) in [6.45, 7) is 2.07. The third-order valence-electron chi connectivity index (χ3n) is 4.68. The molecule has 1 fully saturated rings. The summed E-state index contributed by atoms with van der Waals surface area (Å²) < 4.78 is 6.15. The van der Waals surface area contributed by atoms with Gasteiger partial charge in [-0.1, -0.05) is 18.3 Å². The van der Waals surface area contributed by atoms with E-state index in [0.29, 0.717) is 22.3 Å². The fourth-order valence-corrected chi connectivity index (χ4v) is 3.77. The van der Waals surface area contributed by atoms with E-state index in [1.807, 2.05) is 18.2 Å². The number of ether oxygens (including phenoxy) is 1. The van der Waals surface area contributed by atoms with Crippen LogP contribution in [0.25, 0.3) is 10.2 Å². The minimum atomic E-state index is -0.241. The summed E-state index contributed by atoms with van der Waals surface area (Å²) in [5.41, 5.74) is 2.01. The maximum absolute atomic E-state index is 12.5. The molecule has 0 spiro atoms. The second-order valence-corrected chi connectivity index (χ2v) is 7.72. The van der Waals surface area contributed by atoms with Crippen molar-refractivity contribution < 1.29 is 14.3 Å². The van der Waals surface area contributed by atoms with Gasteiger partial charge in [0, 0.05) is 17.2 Å². The van der Waals surface area contributed by atoms with E-state index in [1.54, 1.807) is 31.4 Å². The number of carbonyl (C=O) groups is 2. The van der Waals surface area contributed by atoms with Crippen LogP contribution in [0.4, 0.5) is 10.8 Å². The van der Waals surface area contributed by atoms with Gasteiger partial charge in [0.1, 0.15) is 5.75 Å². The maximum atomic E-state index is 12.5. The summed E-state index contributed by atoms with van der Waals surface area (Å²) in [6, 6.07) is 12.4. The van der Waals surface area contributed by atoms with Crippen LogP contribution in [-0.4, -0.2) is 23.9 Å². The number of rotatable bonds is 5. The molecule has 1 heterocycles. The summed E-state index contributed by atoms with van der Waals surface area (Å²) in [4.78, 5) is 28.8. The number of hydrogen-bond acceptors (Lipinski definition) is 5. The van der Waals surface area contributed by atoms with Gasteiger partial charge in [-0.2, -0.15) is 0 Å². The van der Waals surface area contributed by atoms with Crippen molar-refractivity contribution in [2.45, 2.75) is 13.3 Å². The van der Waals surface area contributed by atoms with E-state index in [-0.39, 0.29) is 17.7 Å². The van der Waals surface area contributed by atoms with Gasteiger partial charge in [0.15, 0.2) is 5.13 Å². The van der Waals surface area contributed by atoms with Crippen LogP contribution in [0, 0.1) is 11.8 Å². The first-order valence-electron chi connectivity index (χ1n) is 8.70. The highest BCUT2D eigenvalue weighted by Crippen LogP contribution is 2.38. The number of nitrogens with zero attached hydrogens (tertiary/aromatic N) is 1. The van der Waals surface area contributed by atoms with Crippen molar-refractivity contribution >= 4 is 44.2 Å². The fraction of sp³-hybridized carbons (Fsp3) is 0.250. The molecule has 1 aliphatic carbocycles. The van der Waals surface area contributed by atoms with E-state index < -0.39 is 0 Å². The second kappa shape index (κ2) is 7.00. The van der Waals surface area contributed by atoms with Crippen LogP contribution in [0.5, 0.6) is 5.75 Å². The molecule has 0 saturated heterocycles. The first-order valence-corrected chi connectivity index (χ1v) is 9.52. The molecule has 27 heavy (non-hydrogen) atoms. The van der Waals surface area contributed by atoms with Gasteiger partial charge in [0.05, 0.1) is 17.3 Å². The zero-order chi connectivity index (χ0) is 19.0. The van der Waals surface area contributed by atoms with Crippen molar-refractivity contribution in [3.63, 3.8) is 0 Å². The van der Waals surface area contributed by atoms with Crippen molar-refractivity contribution in [2.24, 2.45) is 11.8 Å². The molecule has 2 atom stereocenters. The molecule has 1 aliphatic rings. The Balaban J connectivity index is 1.42. The molecule has 0 bridgehead atoms. The van der Waals surface area contributed by atoms with E-state index in [4.69, 9.17) is 4.74 Å². The highest BCUT2D eigenvalue weighted by atomic mass is 32.1. The number of amides is 2. The van der Waals surface area contributed by atoms with Crippen molar-refractivity contribution in [2.75, 3.05) is 17.7 Å². The predicted octanol–water partition coefficient (Wildman–Crippen LogP) is 4.15. The molecule has 0 aliphatic heterocycles. The number of thiazole rings is 1. The number of nitrogens with one attached hydrogen (secondary N) is 2. The van der Waals surface area contributed by atoms with E-state index in [9.17, 15) is 9.59 Å². The van der Waals surface area contributed by atoms with Crippen LogP contribution in [-0.2, 0) is 4.79 Å². The molecule has 3 aromatic rings. The summed E-state index contributed by atoms with van der Waals surface area (Å²) in [5, 5.41) is 6.24. The lowest BCUT2D eigenvalue weighted by molar-refractivity contribution is -0.117. The van der Waals surface area contributed by atoms with Gasteiger partial charge in [0.25, 0.3) is 5.91 Å². The van der Waals surface area contributed by atoms with Gasteiger partial charge < -0.3 is 10.1 Å². The average molecular weight is 381 g/mol. The standard InChI is InChI=1S/C20H19N3O3S/c1-11-9-15(11)19(25)21-13-5-3-12(4-6-13)18(24)23-20-22-16-8-7-14(26-2)10-17(16)27-20/h3-8,10-11,15H,9H2,1-2H3,(H,21,25)(H,22,23,24). The van der Waals surface area contributed by atoms with Gasteiger partial charge in [0.2, 0.25) is 5.91 Å². The molecule has 2 N–H and O–H groups in total. The molecular formula is C20H19N3O3S. The molecule has 2 unspecified atom stereocenters. The molecule has 7 heteroatoms. The first-order chi connectivity index (χ1) is 13.0. The lowest BCUT2D eigenvalue weighted by atomic mass is 10.2. The van der Waals surface area contributed by atoms with Crippen molar-refractivity contribution in [3.05, 3.63) is 48.0 Å². The van der Waals surface area contributed by atoms with Crippen LogP contribution >= 0.6 is 11.3 Å². The second-order valence-electron chi connectivity index (χ2n) is 6.69. The van der Waals surface area contributed by atoms with Gasteiger partial charge in [-0.05, 0) is 54.8 Å². The van der Waals surface area contributed by atoms with E-state index in [2.05, 4.69) is 22.5 Å². The largest absolute Gasteiger partial charge is 0.497 e. The van der Waals surface area contributed by atoms with Gasteiger partial charge in [-0.25, -0.2) is 4.98 Å². The number of benzene rings is 2. The first kappa shape index (κ1) is 17.5. The van der Waals surface area contributed by atoms with Gasteiger partial charge in [-0.15, -0.1) is 0 Å². The molecular weight excluding hydrogens is 362 g/mol. The molecule has 2 amide bonds. The lowest BCUT2D eigenvalue weighted by Gasteiger charge is -2.06. The van der Waals surface area contributed by atoms with Crippen LogP contribution in [0.3, 0.4) is 0 Å². The number of fused-ring (bicyclic) bond motifs is 1. The minimum Gasteiger partial charge on any atom is -0.497 e. The van der Waals surface area contributed by atoms with Crippen molar-refractivity contribution in [3.8, 4) is 5.75 Å². The normalized spacial score (nSPS) is 18.1. The van der Waals surface area contributed by atoms with Gasteiger partial charge >= 0.3 is 0 Å². The topological polar surface area (TPSA) is 80.3 Å². The highest BCUT2D eigenvalue weighted by Gasteiger charge is 2.39. The predicted molar refractivity (Wildman–Crippen MR) is 106 cm³/mol. The molecule has 4 rings (SSSR count). The Kier molecular flexibility index (Phi) is 4.53. The van der Waals surface area contributed by atoms with E-state index >= 15 is 0 Å². The van der Waals surface area contributed by atoms with Crippen LogP contribution < -0.4 is 15.4 Å². The molecule has 1 aromatic heterocycles. The molecule has 0 radical (unpaired) electrons. The van der Waals surface area contributed by atoms with Crippen LogP contribution in [0.2, 0.25) is 0 Å². The third kappa shape index (κ3) is 3.78. The lowest BCUT2D eigenvalue weighted by Crippen LogP contribution is -2.15. The van der Waals surface area contributed by atoms with Crippen LogP contribution in [0.15, 0.2) is 42.5 Å². The molecule has 138 valence electrons. The quantitative estimate of drug-likeness (QED) is 0.696. The van der Waals surface area contributed by atoms with E-state index in [1.165, 1.54) is 11.3 Å². The molecule has 6 nitrogen and oxygen atoms in total. The number of anilines is 2. The van der Waals surface area contributed by atoms with Crippen molar-refractivity contribution in [1.82, 2.24) is 4.98 Å². The summed E-state index contributed by atoms with van der Waals surface area (Å²) in [5.74, 6) is 1.14. The number of methoxy groups -OCH3 is 1. The number of aromatic nitrogens is 1. The van der Waals surface area contributed by atoms with Crippen LogP contribution in [0.1, 0.15) is 23.7 Å². The SMILES string of the molecule is COc1ccc2nc(NC(=O)c3ccc(NC(=O)C4CC4C)cc3)sc2c1. The molecule has 2 aromatic carbocycles. The Hall–Kier alpha value is -2.93. The summed E-state index contributed by atoms with van der Waals surface area (Å²) in [7, 11) is 1.61. The van der Waals surface area contributed by atoms with E-state index in [0.717, 1.165) is 22.4 Å². The Bertz CT molecular complexity index is 1010. The Morgan fingerprint density at radius 2 is 1.89 bits per heavy atom. The smallest absolute Gasteiger partial charge is 0.257 e. The van der Waals surface area contributed by atoms with Crippen molar-refractivity contribution in [1.29, 1.82) is 0 Å². The Labute approximate surface area is 160 Å². The fourth-order valence-electron chi connectivity index (χ4n) is 2.88. The summed E-state index contributed by atoms with van der Waals surface area (Å²) in [6.07, 6.45) is 0.945.